The number of nitro groups is 1. The number of rotatable bonds is 4. The van der Waals surface area contributed by atoms with Crippen molar-refractivity contribution in [3.63, 3.8) is 0 Å². The molecule has 196 valence electrons. The van der Waals surface area contributed by atoms with Crippen LogP contribution in [0.3, 0.4) is 0 Å². The summed E-state index contributed by atoms with van der Waals surface area (Å²) < 4.78 is 11.1. The average Bonchev–Trinajstić information content (AvgIpc) is 3.41. The summed E-state index contributed by atoms with van der Waals surface area (Å²) in [5.74, 6) is 0.243. The van der Waals surface area contributed by atoms with Gasteiger partial charge in [0.05, 0.1) is 10.6 Å². The first-order valence-corrected chi connectivity index (χ1v) is 12.6. The fraction of sp³-hybridized carbons (Fsp3) is 0.200. The van der Waals surface area contributed by atoms with Crippen LogP contribution in [0.4, 0.5) is 11.4 Å². The molecule has 3 aliphatic rings. The highest BCUT2D eigenvalue weighted by Crippen LogP contribution is 2.49. The van der Waals surface area contributed by atoms with Crippen molar-refractivity contribution in [2.45, 2.75) is 32.1 Å². The summed E-state index contributed by atoms with van der Waals surface area (Å²) in [6.07, 6.45) is 1.51. The molecule has 0 radical (unpaired) electrons. The Morgan fingerprint density at radius 2 is 1.82 bits per heavy atom. The highest BCUT2D eigenvalue weighted by molar-refractivity contribution is 6.20. The predicted octanol–water partition coefficient (Wildman–Crippen LogP) is 6.19. The Labute approximate surface area is 224 Å². The number of hydrogen-bond acceptors (Lipinski definition) is 7. The van der Waals surface area contributed by atoms with E-state index >= 15 is 0 Å². The van der Waals surface area contributed by atoms with Crippen molar-refractivity contribution in [1.82, 2.24) is 0 Å². The van der Waals surface area contributed by atoms with Gasteiger partial charge in [-0.1, -0.05) is 36.4 Å². The highest BCUT2D eigenvalue weighted by Gasteiger charge is 2.44. The zero-order valence-corrected chi connectivity index (χ0v) is 21.1. The van der Waals surface area contributed by atoms with Crippen LogP contribution in [0.15, 0.2) is 83.6 Å². The van der Waals surface area contributed by atoms with Gasteiger partial charge in [-0.15, -0.1) is 0 Å². The number of benzene rings is 3. The average molecular weight is 524 g/mol. The molecule has 39 heavy (non-hydrogen) atoms. The lowest BCUT2D eigenvalue weighted by Crippen LogP contribution is -2.42. The summed E-state index contributed by atoms with van der Waals surface area (Å²) in [5.41, 5.74) is 3.72. The molecule has 6 rings (SSSR count). The van der Waals surface area contributed by atoms with E-state index in [-0.39, 0.29) is 35.4 Å². The van der Waals surface area contributed by atoms with Gasteiger partial charge in [0.1, 0.15) is 11.6 Å². The normalized spacial score (nSPS) is 19.7. The first-order chi connectivity index (χ1) is 18.8. The summed E-state index contributed by atoms with van der Waals surface area (Å²) >= 11 is 0. The molecule has 9 heteroatoms. The number of aliphatic hydroxyl groups excluding tert-OH is 1. The Morgan fingerprint density at radius 1 is 1.05 bits per heavy atom. The standard InChI is InChI=1S/C30H25N3O6/c1-17-14-20(33(36)37)11-12-21(17)32-22-8-5-9-23(34)27(22)26(19-10-13-24-25(15-19)39-16-38-24)28(30(32)31)29(35)18-6-3-2-4-7-18/h2-4,6-7,10-15,26,31,35H,5,8-9,16H2,1H3. The third-order valence-corrected chi connectivity index (χ3v) is 7.42. The lowest BCUT2D eigenvalue weighted by atomic mass is 9.73. The smallest absolute Gasteiger partial charge is 0.269 e. The van der Waals surface area contributed by atoms with Gasteiger partial charge in [-0.25, -0.2) is 0 Å². The quantitative estimate of drug-likeness (QED) is 0.237. The third kappa shape index (κ3) is 4.03. The maximum atomic E-state index is 13.7. The number of aryl methyl sites for hydroxylation is 1. The van der Waals surface area contributed by atoms with Crippen molar-refractivity contribution < 1.29 is 24.3 Å². The summed E-state index contributed by atoms with van der Waals surface area (Å²) in [5, 5.41) is 32.5. The maximum absolute atomic E-state index is 13.7. The molecular weight excluding hydrogens is 498 g/mol. The van der Waals surface area contributed by atoms with Gasteiger partial charge in [0.2, 0.25) is 6.79 Å². The van der Waals surface area contributed by atoms with Crippen LogP contribution < -0.4 is 14.4 Å². The van der Waals surface area contributed by atoms with E-state index in [1.807, 2.05) is 12.1 Å². The minimum Gasteiger partial charge on any atom is -0.507 e. The fourth-order valence-electron chi connectivity index (χ4n) is 5.64. The molecule has 1 aliphatic carbocycles. The van der Waals surface area contributed by atoms with Crippen molar-refractivity contribution in [2.24, 2.45) is 0 Å². The Hall–Kier alpha value is -4.92. The van der Waals surface area contributed by atoms with Gasteiger partial charge in [-0.05, 0) is 49.1 Å². The molecule has 0 saturated carbocycles. The van der Waals surface area contributed by atoms with E-state index in [2.05, 4.69) is 0 Å². The maximum Gasteiger partial charge on any atom is 0.269 e. The minimum atomic E-state index is -0.718. The molecule has 3 aromatic carbocycles. The van der Waals surface area contributed by atoms with Crippen molar-refractivity contribution in [3.8, 4) is 11.5 Å². The number of hydrogen-bond donors (Lipinski definition) is 2. The summed E-state index contributed by atoms with van der Waals surface area (Å²) in [7, 11) is 0. The van der Waals surface area contributed by atoms with Gasteiger partial charge in [0.25, 0.3) is 5.69 Å². The van der Waals surface area contributed by atoms with Crippen molar-refractivity contribution in [2.75, 3.05) is 11.7 Å². The van der Waals surface area contributed by atoms with Crippen LogP contribution in [0.2, 0.25) is 0 Å². The van der Waals surface area contributed by atoms with Crippen LogP contribution in [0.5, 0.6) is 11.5 Å². The van der Waals surface area contributed by atoms with Crippen molar-refractivity contribution in [1.29, 1.82) is 5.41 Å². The molecule has 0 fully saturated rings. The first kappa shape index (κ1) is 24.4. The van der Waals surface area contributed by atoms with Gasteiger partial charge < -0.3 is 14.6 Å². The molecule has 2 N–H and O–H groups in total. The largest absolute Gasteiger partial charge is 0.507 e. The van der Waals surface area contributed by atoms with Gasteiger partial charge in [-0.2, -0.15) is 0 Å². The number of nitrogens with zero attached hydrogens (tertiary/aromatic N) is 2. The second-order valence-electron chi connectivity index (χ2n) is 9.72. The van der Waals surface area contributed by atoms with Gasteiger partial charge in [-0.3, -0.25) is 25.2 Å². The number of fused-ring (bicyclic) bond motifs is 1. The Morgan fingerprint density at radius 3 is 2.56 bits per heavy atom. The monoisotopic (exact) mass is 523 g/mol. The lowest BCUT2D eigenvalue weighted by molar-refractivity contribution is -0.384. The number of amidine groups is 1. The first-order valence-electron chi connectivity index (χ1n) is 12.6. The number of ether oxygens (including phenoxy) is 2. The number of Topliss-reactive ketones (excluding diaryl/α,β-unsaturated/α-hetero) is 1. The van der Waals surface area contributed by atoms with E-state index in [0.717, 1.165) is 0 Å². The minimum absolute atomic E-state index is 0.00410. The number of carbonyl (C=O) groups is 1. The van der Waals surface area contributed by atoms with E-state index in [1.54, 1.807) is 54.3 Å². The van der Waals surface area contributed by atoms with E-state index in [0.29, 0.717) is 64.4 Å². The molecule has 2 heterocycles. The number of aliphatic hydroxyl groups is 1. The summed E-state index contributed by atoms with van der Waals surface area (Å²) in [6, 6.07) is 18.8. The van der Waals surface area contributed by atoms with Gasteiger partial charge in [0.15, 0.2) is 17.3 Å². The molecule has 1 unspecified atom stereocenters. The van der Waals surface area contributed by atoms with Crippen LogP contribution in [0.25, 0.3) is 5.76 Å². The van der Waals surface area contributed by atoms with Crippen molar-refractivity contribution in [3.05, 3.63) is 110 Å². The Balaban J connectivity index is 1.64. The Kier molecular flexibility index (Phi) is 5.91. The Bertz CT molecular complexity index is 1610. The number of allylic oxidation sites excluding steroid dienone is 2. The van der Waals surface area contributed by atoms with Crippen molar-refractivity contribution >= 4 is 28.8 Å². The lowest BCUT2D eigenvalue weighted by Gasteiger charge is -2.42. The molecule has 1 atom stereocenters. The number of carbonyl (C=O) groups excluding carboxylic acids is 1. The third-order valence-electron chi connectivity index (χ3n) is 7.42. The summed E-state index contributed by atoms with van der Waals surface area (Å²) in [6.45, 7) is 1.84. The van der Waals surface area contributed by atoms with Gasteiger partial charge >= 0.3 is 0 Å². The van der Waals surface area contributed by atoms with Crippen LogP contribution in [0, 0.1) is 22.4 Å². The number of nitro benzene ring substituents is 1. The summed E-state index contributed by atoms with van der Waals surface area (Å²) in [4.78, 5) is 26.3. The van der Waals surface area contributed by atoms with Crippen LogP contribution >= 0.6 is 0 Å². The topological polar surface area (TPSA) is 126 Å². The molecule has 0 saturated heterocycles. The number of ketones is 1. The number of nitrogens with one attached hydrogen (secondary N) is 1. The van der Waals surface area contributed by atoms with Crippen LogP contribution in [0.1, 0.15) is 41.9 Å². The zero-order valence-electron chi connectivity index (χ0n) is 21.1. The second-order valence-corrected chi connectivity index (χ2v) is 9.72. The van der Waals surface area contributed by atoms with E-state index < -0.39 is 10.8 Å². The van der Waals surface area contributed by atoms with E-state index in [4.69, 9.17) is 9.47 Å². The fourth-order valence-corrected chi connectivity index (χ4v) is 5.64. The number of anilines is 1. The zero-order chi connectivity index (χ0) is 27.3. The van der Waals surface area contributed by atoms with Gasteiger partial charge in [0, 0.05) is 46.9 Å². The molecule has 3 aromatic rings. The molecule has 0 spiro atoms. The molecule has 0 bridgehead atoms. The second kappa shape index (κ2) is 9.43. The van der Waals surface area contributed by atoms with E-state index in [9.17, 15) is 25.4 Å². The molecule has 9 nitrogen and oxygen atoms in total. The SMILES string of the molecule is Cc1cc([N+](=O)[O-])ccc1N1C(=N)C(=C(O)c2ccccc2)C(c2ccc3c(c2)OCO3)C2=C1CCCC2=O. The molecular formula is C30H25N3O6. The molecule has 2 aliphatic heterocycles. The highest BCUT2D eigenvalue weighted by atomic mass is 16.7. The van der Waals surface area contributed by atoms with E-state index in [1.165, 1.54) is 12.1 Å². The molecule has 0 amide bonds. The van der Waals surface area contributed by atoms with Crippen LogP contribution in [-0.2, 0) is 4.79 Å². The molecule has 0 aromatic heterocycles. The van der Waals surface area contributed by atoms with Crippen LogP contribution in [-0.4, -0.2) is 28.4 Å². The predicted molar refractivity (Wildman–Crippen MR) is 145 cm³/mol. The number of non-ortho nitro benzene ring substituents is 1.